The summed E-state index contributed by atoms with van der Waals surface area (Å²) in [6.07, 6.45) is 2.51. The van der Waals surface area contributed by atoms with Gasteiger partial charge in [0.05, 0.1) is 18.9 Å². The highest BCUT2D eigenvalue weighted by molar-refractivity contribution is 5.85. The zero-order valence-corrected chi connectivity index (χ0v) is 14.1. The average Bonchev–Trinajstić information content (AvgIpc) is 2.91. The first kappa shape index (κ1) is 16.0. The number of ether oxygens (including phenoxy) is 2. The number of hydrogen-bond donors (Lipinski definition) is 2. The van der Waals surface area contributed by atoms with E-state index in [0.717, 1.165) is 5.57 Å². The molecule has 1 saturated carbocycles. The van der Waals surface area contributed by atoms with Gasteiger partial charge in [-0.05, 0) is 31.9 Å². The lowest BCUT2D eigenvalue weighted by Crippen LogP contribution is -2.41. The number of allylic oxidation sites excluding steroid dienone is 1. The van der Waals surface area contributed by atoms with Crippen LogP contribution in [-0.2, 0) is 25.5 Å². The van der Waals surface area contributed by atoms with Crippen molar-refractivity contribution in [2.75, 3.05) is 7.11 Å². The Bertz CT molecular complexity index is 795. The van der Waals surface area contributed by atoms with E-state index in [-0.39, 0.29) is 35.4 Å². The van der Waals surface area contributed by atoms with Crippen LogP contribution in [0.1, 0.15) is 30.4 Å². The molecule has 0 amide bonds. The van der Waals surface area contributed by atoms with Crippen molar-refractivity contribution in [1.82, 2.24) is 0 Å². The van der Waals surface area contributed by atoms with E-state index >= 15 is 0 Å². The monoisotopic (exact) mass is 344 g/mol. The fraction of sp³-hybridized carbons (Fsp3) is 0.474. The van der Waals surface area contributed by atoms with Crippen molar-refractivity contribution >= 4 is 11.9 Å². The first-order valence-corrected chi connectivity index (χ1v) is 8.46. The van der Waals surface area contributed by atoms with Gasteiger partial charge in [-0.3, -0.25) is 9.59 Å². The van der Waals surface area contributed by atoms with E-state index in [9.17, 15) is 19.8 Å². The largest absolute Gasteiger partial charge is 0.508 e. The number of carbonyl (C=O) groups excluding carboxylic acids is 2. The fourth-order valence-electron chi connectivity index (χ4n) is 4.86. The van der Waals surface area contributed by atoms with Gasteiger partial charge in [-0.25, -0.2) is 0 Å². The number of methoxy groups -OCH3 is 1. The molecular weight excluding hydrogens is 324 g/mol. The van der Waals surface area contributed by atoms with E-state index in [1.54, 1.807) is 0 Å². The summed E-state index contributed by atoms with van der Waals surface area (Å²) in [4.78, 5) is 24.7. The summed E-state index contributed by atoms with van der Waals surface area (Å²) in [5, 5.41) is 20.6. The Hall–Kier alpha value is -2.50. The Balaban J connectivity index is 1.86. The predicted molar refractivity (Wildman–Crippen MR) is 87.0 cm³/mol. The fourth-order valence-corrected chi connectivity index (χ4v) is 4.86. The molecule has 0 bridgehead atoms. The molecular formula is C19H20O6. The third-order valence-corrected chi connectivity index (χ3v) is 5.88. The molecule has 1 saturated heterocycles. The summed E-state index contributed by atoms with van der Waals surface area (Å²) in [5.41, 5.74) is 2.34. The molecule has 0 spiro atoms. The van der Waals surface area contributed by atoms with Gasteiger partial charge in [0.25, 0.3) is 0 Å². The topological polar surface area (TPSA) is 93.1 Å². The average molecular weight is 344 g/mol. The number of cyclic esters (lactones) is 1. The molecule has 25 heavy (non-hydrogen) atoms. The number of esters is 2. The lowest BCUT2D eigenvalue weighted by molar-refractivity contribution is -0.155. The van der Waals surface area contributed by atoms with Crippen LogP contribution in [0, 0.1) is 17.8 Å². The van der Waals surface area contributed by atoms with E-state index in [1.165, 1.54) is 19.2 Å². The van der Waals surface area contributed by atoms with Gasteiger partial charge in [-0.15, -0.1) is 0 Å². The number of carbonyl (C=O) groups is 2. The summed E-state index contributed by atoms with van der Waals surface area (Å²) >= 11 is 0. The standard InChI is InChI=1S/C19H20O6/c1-8-15-9-3-4-10-13(20)5-6-14(21)16(10)11(9)7-12(18(22)24-2)17(15)19(23)25-8/h3,5-6,8,11-12,15,17,20-21H,4,7H2,1-2H3/t8-,11-,12-,15+,17-/m0/s1. The maximum absolute atomic E-state index is 12.3. The van der Waals surface area contributed by atoms with Crippen LogP contribution in [0.2, 0.25) is 0 Å². The van der Waals surface area contributed by atoms with Gasteiger partial charge >= 0.3 is 11.9 Å². The number of hydrogen-bond acceptors (Lipinski definition) is 6. The minimum atomic E-state index is -0.623. The minimum absolute atomic E-state index is 0.100. The molecule has 5 atom stereocenters. The van der Waals surface area contributed by atoms with E-state index in [2.05, 4.69) is 0 Å². The third kappa shape index (κ3) is 2.16. The lowest BCUT2D eigenvalue weighted by Gasteiger charge is -2.41. The van der Waals surface area contributed by atoms with Crippen molar-refractivity contribution in [2.24, 2.45) is 17.8 Å². The van der Waals surface area contributed by atoms with E-state index in [4.69, 9.17) is 9.47 Å². The third-order valence-electron chi connectivity index (χ3n) is 5.88. The number of fused-ring (bicyclic) bond motifs is 5. The van der Waals surface area contributed by atoms with Crippen molar-refractivity contribution in [3.63, 3.8) is 0 Å². The van der Waals surface area contributed by atoms with Crippen LogP contribution in [0.5, 0.6) is 11.5 Å². The van der Waals surface area contributed by atoms with Gasteiger partial charge in [0.2, 0.25) is 0 Å². The van der Waals surface area contributed by atoms with Gasteiger partial charge in [-0.1, -0.05) is 11.6 Å². The van der Waals surface area contributed by atoms with Crippen molar-refractivity contribution in [2.45, 2.75) is 31.8 Å². The molecule has 0 radical (unpaired) electrons. The molecule has 0 unspecified atom stereocenters. The molecule has 6 heteroatoms. The Kier molecular flexibility index (Phi) is 3.52. The number of phenols is 2. The van der Waals surface area contributed by atoms with Gasteiger partial charge in [0.15, 0.2) is 0 Å². The first-order chi connectivity index (χ1) is 11.9. The molecule has 1 aromatic rings. The smallest absolute Gasteiger partial charge is 0.310 e. The van der Waals surface area contributed by atoms with Crippen molar-refractivity contribution in [3.05, 3.63) is 34.9 Å². The SMILES string of the molecule is COC(=O)[C@H]1C[C@H]2C(=CCc3c(O)ccc(O)c32)[C@@H]2[C@H]1C(=O)O[C@H]2C. The normalized spacial score (nSPS) is 32.8. The van der Waals surface area contributed by atoms with Crippen LogP contribution < -0.4 is 0 Å². The molecule has 1 heterocycles. The van der Waals surface area contributed by atoms with Gasteiger partial charge in [-0.2, -0.15) is 0 Å². The maximum atomic E-state index is 12.3. The van der Waals surface area contributed by atoms with E-state index < -0.39 is 17.8 Å². The van der Waals surface area contributed by atoms with Crippen LogP contribution in [-0.4, -0.2) is 35.4 Å². The van der Waals surface area contributed by atoms with E-state index in [1.807, 2.05) is 13.0 Å². The Morgan fingerprint density at radius 2 is 1.96 bits per heavy atom. The second kappa shape index (κ2) is 5.51. The predicted octanol–water partition coefficient (Wildman–Crippen LogP) is 2.03. The van der Waals surface area contributed by atoms with Crippen molar-refractivity contribution in [1.29, 1.82) is 0 Å². The molecule has 1 aliphatic heterocycles. The van der Waals surface area contributed by atoms with Gasteiger partial charge in [0.1, 0.15) is 17.6 Å². The molecule has 2 N–H and O–H groups in total. The molecule has 6 nitrogen and oxygen atoms in total. The zero-order valence-electron chi connectivity index (χ0n) is 14.1. The number of rotatable bonds is 1. The van der Waals surface area contributed by atoms with Crippen LogP contribution in [0.25, 0.3) is 0 Å². The molecule has 1 aromatic carbocycles. The first-order valence-electron chi connectivity index (χ1n) is 8.46. The second-order valence-electron chi connectivity index (χ2n) is 7.02. The van der Waals surface area contributed by atoms with Crippen LogP contribution in [0.15, 0.2) is 23.8 Å². The highest BCUT2D eigenvalue weighted by Crippen LogP contribution is 2.56. The molecule has 0 aromatic heterocycles. The quantitative estimate of drug-likeness (QED) is 0.460. The lowest BCUT2D eigenvalue weighted by atomic mass is 9.60. The van der Waals surface area contributed by atoms with Crippen molar-refractivity contribution < 1.29 is 29.3 Å². The highest BCUT2D eigenvalue weighted by atomic mass is 16.6. The molecule has 3 aliphatic rings. The Labute approximate surface area is 145 Å². The minimum Gasteiger partial charge on any atom is -0.508 e. The molecule has 2 fully saturated rings. The molecule has 132 valence electrons. The van der Waals surface area contributed by atoms with Gasteiger partial charge in [0, 0.05) is 23.0 Å². The van der Waals surface area contributed by atoms with Gasteiger partial charge < -0.3 is 19.7 Å². The summed E-state index contributed by atoms with van der Waals surface area (Å²) < 4.78 is 10.3. The Morgan fingerprint density at radius 1 is 1.24 bits per heavy atom. The summed E-state index contributed by atoms with van der Waals surface area (Å²) in [6.45, 7) is 1.83. The van der Waals surface area contributed by atoms with Crippen LogP contribution >= 0.6 is 0 Å². The van der Waals surface area contributed by atoms with E-state index in [0.29, 0.717) is 24.0 Å². The number of aromatic hydroxyl groups is 2. The zero-order chi connectivity index (χ0) is 17.9. The second-order valence-corrected chi connectivity index (χ2v) is 7.02. The number of benzene rings is 1. The highest BCUT2D eigenvalue weighted by Gasteiger charge is 2.56. The molecule has 2 aliphatic carbocycles. The number of phenolic OH excluding ortho intramolecular Hbond substituents is 2. The summed E-state index contributed by atoms with van der Waals surface area (Å²) in [5.74, 6) is -2.20. The summed E-state index contributed by atoms with van der Waals surface area (Å²) in [7, 11) is 1.31. The van der Waals surface area contributed by atoms with Crippen LogP contribution in [0.3, 0.4) is 0 Å². The Morgan fingerprint density at radius 3 is 2.68 bits per heavy atom. The molecule has 4 rings (SSSR count). The van der Waals surface area contributed by atoms with Crippen molar-refractivity contribution in [3.8, 4) is 11.5 Å². The summed E-state index contributed by atoms with van der Waals surface area (Å²) in [6, 6.07) is 2.94. The maximum Gasteiger partial charge on any atom is 0.310 e. The van der Waals surface area contributed by atoms with Crippen LogP contribution in [0.4, 0.5) is 0 Å².